The van der Waals surface area contributed by atoms with Gasteiger partial charge in [-0.05, 0) is 36.2 Å². The van der Waals surface area contributed by atoms with Crippen molar-refractivity contribution in [2.45, 2.75) is 6.42 Å². The van der Waals surface area contributed by atoms with Gasteiger partial charge in [0.05, 0.1) is 11.9 Å². The topological polar surface area (TPSA) is 45.2 Å². The van der Waals surface area contributed by atoms with Crippen LogP contribution in [0.3, 0.4) is 0 Å². The summed E-state index contributed by atoms with van der Waals surface area (Å²) in [6, 6.07) is 9.54. The van der Waals surface area contributed by atoms with Crippen LogP contribution in [0.4, 0.5) is 11.4 Å². The standard InChI is InChI=1S/C15H15N3O/c1-18(13-3-2-7-16-10-13)15(19)12-5-4-11-6-8-17-14(11)9-12/h2-5,7,9-10,17H,6,8H2,1H3. The Morgan fingerprint density at radius 3 is 3.05 bits per heavy atom. The zero-order valence-electron chi connectivity index (χ0n) is 10.8. The Balaban J connectivity index is 1.88. The highest BCUT2D eigenvalue weighted by molar-refractivity contribution is 6.06. The molecule has 1 aliphatic heterocycles. The number of carbonyl (C=O) groups is 1. The molecule has 0 saturated carbocycles. The van der Waals surface area contributed by atoms with Gasteiger partial charge >= 0.3 is 0 Å². The first-order valence-electron chi connectivity index (χ1n) is 6.30. The number of nitrogens with zero attached hydrogens (tertiary/aromatic N) is 2. The number of fused-ring (bicyclic) bond motifs is 1. The minimum atomic E-state index is -0.0236. The molecule has 0 aliphatic carbocycles. The number of carbonyl (C=O) groups excluding carboxylic acids is 1. The summed E-state index contributed by atoms with van der Waals surface area (Å²) in [5.74, 6) is -0.0236. The molecule has 4 heteroatoms. The first kappa shape index (κ1) is 11.7. The van der Waals surface area contributed by atoms with Crippen molar-refractivity contribution in [1.82, 2.24) is 4.98 Å². The number of benzene rings is 1. The molecule has 0 saturated heterocycles. The molecule has 0 radical (unpaired) electrons. The Kier molecular flexibility index (Phi) is 2.91. The Hall–Kier alpha value is -2.36. The van der Waals surface area contributed by atoms with E-state index >= 15 is 0 Å². The molecule has 0 unspecified atom stereocenters. The Labute approximate surface area is 112 Å². The summed E-state index contributed by atoms with van der Waals surface area (Å²) >= 11 is 0. The zero-order chi connectivity index (χ0) is 13.2. The van der Waals surface area contributed by atoms with Crippen LogP contribution < -0.4 is 10.2 Å². The average Bonchev–Trinajstić information content (AvgIpc) is 2.94. The van der Waals surface area contributed by atoms with Gasteiger partial charge in [0.1, 0.15) is 0 Å². The molecule has 0 atom stereocenters. The number of rotatable bonds is 2. The Bertz CT molecular complexity index is 610. The molecule has 1 amide bonds. The lowest BCUT2D eigenvalue weighted by Crippen LogP contribution is -2.26. The van der Waals surface area contributed by atoms with Crippen molar-refractivity contribution in [3.8, 4) is 0 Å². The Morgan fingerprint density at radius 1 is 1.37 bits per heavy atom. The lowest BCUT2D eigenvalue weighted by Gasteiger charge is -2.17. The molecule has 1 aromatic carbocycles. The summed E-state index contributed by atoms with van der Waals surface area (Å²) in [5.41, 5.74) is 3.84. The smallest absolute Gasteiger partial charge is 0.258 e. The van der Waals surface area contributed by atoms with Gasteiger partial charge in [-0.1, -0.05) is 6.07 Å². The van der Waals surface area contributed by atoms with Crippen LogP contribution in [-0.4, -0.2) is 24.5 Å². The average molecular weight is 253 g/mol. The minimum Gasteiger partial charge on any atom is -0.384 e. The quantitative estimate of drug-likeness (QED) is 0.893. The third-order valence-corrected chi connectivity index (χ3v) is 3.40. The highest BCUT2D eigenvalue weighted by Gasteiger charge is 2.17. The number of hydrogen-bond donors (Lipinski definition) is 1. The van der Waals surface area contributed by atoms with Crippen LogP contribution in [0.5, 0.6) is 0 Å². The van der Waals surface area contributed by atoms with Crippen LogP contribution in [0.25, 0.3) is 0 Å². The van der Waals surface area contributed by atoms with Crippen molar-refractivity contribution in [3.05, 3.63) is 53.9 Å². The maximum Gasteiger partial charge on any atom is 0.258 e. The van der Waals surface area contributed by atoms with Crippen molar-refractivity contribution in [1.29, 1.82) is 0 Å². The van der Waals surface area contributed by atoms with Crippen LogP contribution in [0.2, 0.25) is 0 Å². The van der Waals surface area contributed by atoms with Crippen molar-refractivity contribution in [2.24, 2.45) is 0 Å². The van der Waals surface area contributed by atoms with Crippen LogP contribution in [0, 0.1) is 0 Å². The number of aromatic nitrogens is 1. The molecule has 3 rings (SSSR count). The van der Waals surface area contributed by atoms with Crippen molar-refractivity contribution in [3.63, 3.8) is 0 Å². The molecule has 0 spiro atoms. The highest BCUT2D eigenvalue weighted by Crippen LogP contribution is 2.24. The second-order valence-electron chi connectivity index (χ2n) is 4.62. The third-order valence-electron chi connectivity index (χ3n) is 3.40. The molecule has 0 bridgehead atoms. The Morgan fingerprint density at radius 2 is 2.26 bits per heavy atom. The number of nitrogens with one attached hydrogen (secondary N) is 1. The second kappa shape index (κ2) is 4.72. The van der Waals surface area contributed by atoms with Gasteiger partial charge in [0, 0.05) is 31.0 Å². The molecule has 4 nitrogen and oxygen atoms in total. The van der Waals surface area contributed by atoms with Crippen molar-refractivity contribution in [2.75, 3.05) is 23.8 Å². The lowest BCUT2D eigenvalue weighted by molar-refractivity contribution is 0.0993. The lowest BCUT2D eigenvalue weighted by atomic mass is 10.1. The molecule has 2 aromatic rings. The summed E-state index contributed by atoms with van der Waals surface area (Å²) in [4.78, 5) is 18.1. The van der Waals surface area contributed by atoms with Crippen LogP contribution in [0.15, 0.2) is 42.7 Å². The predicted molar refractivity (Wildman–Crippen MR) is 75.6 cm³/mol. The largest absolute Gasteiger partial charge is 0.384 e. The van der Waals surface area contributed by atoms with Gasteiger partial charge in [-0.2, -0.15) is 0 Å². The number of pyridine rings is 1. The molecular weight excluding hydrogens is 238 g/mol. The van der Waals surface area contributed by atoms with Crippen molar-refractivity contribution < 1.29 is 4.79 Å². The third kappa shape index (κ3) is 2.17. The maximum absolute atomic E-state index is 12.4. The fourth-order valence-corrected chi connectivity index (χ4v) is 2.29. The molecule has 1 N–H and O–H groups in total. The van der Waals surface area contributed by atoms with Gasteiger partial charge in [-0.3, -0.25) is 9.78 Å². The molecule has 2 heterocycles. The van der Waals surface area contributed by atoms with E-state index in [0.717, 1.165) is 24.3 Å². The molecule has 1 aromatic heterocycles. The maximum atomic E-state index is 12.4. The molecule has 19 heavy (non-hydrogen) atoms. The summed E-state index contributed by atoms with van der Waals surface area (Å²) in [7, 11) is 1.76. The van der Waals surface area contributed by atoms with E-state index in [2.05, 4.69) is 10.3 Å². The number of hydrogen-bond acceptors (Lipinski definition) is 3. The summed E-state index contributed by atoms with van der Waals surface area (Å²) in [5, 5.41) is 3.29. The van der Waals surface area contributed by atoms with E-state index in [9.17, 15) is 4.79 Å². The van der Waals surface area contributed by atoms with Gasteiger partial charge in [-0.25, -0.2) is 0 Å². The van der Waals surface area contributed by atoms with Gasteiger partial charge in [0.25, 0.3) is 5.91 Å². The van der Waals surface area contributed by atoms with Gasteiger partial charge in [0.2, 0.25) is 0 Å². The van der Waals surface area contributed by atoms with Crippen LogP contribution in [0.1, 0.15) is 15.9 Å². The first-order chi connectivity index (χ1) is 9.25. The zero-order valence-corrected chi connectivity index (χ0v) is 10.8. The second-order valence-corrected chi connectivity index (χ2v) is 4.62. The summed E-state index contributed by atoms with van der Waals surface area (Å²) < 4.78 is 0. The van der Waals surface area contributed by atoms with Gasteiger partial charge in [-0.15, -0.1) is 0 Å². The van der Waals surface area contributed by atoms with Gasteiger partial charge < -0.3 is 10.2 Å². The van der Waals surface area contributed by atoms with E-state index in [1.54, 1.807) is 24.3 Å². The molecular formula is C15H15N3O. The predicted octanol–water partition coefficient (Wildman–Crippen LogP) is 2.33. The van der Waals surface area contributed by atoms with E-state index in [1.807, 2.05) is 30.3 Å². The van der Waals surface area contributed by atoms with E-state index < -0.39 is 0 Å². The van der Waals surface area contributed by atoms with E-state index in [1.165, 1.54) is 5.56 Å². The SMILES string of the molecule is CN(C(=O)c1ccc2c(c1)NCC2)c1cccnc1. The normalized spacial score (nSPS) is 12.7. The number of amides is 1. The molecule has 96 valence electrons. The fourth-order valence-electron chi connectivity index (χ4n) is 2.29. The minimum absolute atomic E-state index is 0.0236. The molecule has 1 aliphatic rings. The summed E-state index contributed by atoms with van der Waals surface area (Å²) in [6.45, 7) is 0.950. The van der Waals surface area contributed by atoms with Gasteiger partial charge in [0.15, 0.2) is 0 Å². The summed E-state index contributed by atoms with van der Waals surface area (Å²) in [6.07, 6.45) is 4.41. The van der Waals surface area contributed by atoms with E-state index in [-0.39, 0.29) is 5.91 Å². The fraction of sp³-hybridized carbons (Fsp3) is 0.200. The van der Waals surface area contributed by atoms with E-state index in [4.69, 9.17) is 0 Å². The monoisotopic (exact) mass is 253 g/mol. The van der Waals surface area contributed by atoms with Crippen LogP contribution in [-0.2, 0) is 6.42 Å². The highest BCUT2D eigenvalue weighted by atomic mass is 16.2. The van der Waals surface area contributed by atoms with E-state index in [0.29, 0.717) is 5.56 Å². The number of anilines is 2. The van der Waals surface area contributed by atoms with Crippen molar-refractivity contribution >= 4 is 17.3 Å². The van der Waals surface area contributed by atoms with Crippen LogP contribution >= 0.6 is 0 Å². The molecule has 0 fully saturated rings. The first-order valence-corrected chi connectivity index (χ1v) is 6.30.